The molecule has 0 spiro atoms. The summed E-state index contributed by atoms with van der Waals surface area (Å²) in [5, 5.41) is 24.0. The first kappa shape index (κ1) is 27.0. The number of aliphatic imine (C=N–C) groups is 1. The molecular weight excluding hydrogens is 436 g/mol. The Labute approximate surface area is 191 Å². The number of carbonyl (C=O) groups is 3. The molecule has 1 aromatic carbocycles. The lowest BCUT2D eigenvalue weighted by molar-refractivity contribution is -0.142. The summed E-state index contributed by atoms with van der Waals surface area (Å²) in [5.74, 6) is -1.73. The molecule has 10 N–H and O–H groups in total. The number of carboxylic acids is 1. The molecular formula is C20H32N6O5S. The summed E-state index contributed by atoms with van der Waals surface area (Å²) in [5.41, 5.74) is 17.1. The van der Waals surface area contributed by atoms with E-state index in [9.17, 15) is 24.6 Å². The summed E-state index contributed by atoms with van der Waals surface area (Å²) in [6.07, 6.45) is 2.91. The van der Waals surface area contributed by atoms with E-state index in [-0.39, 0.29) is 31.1 Å². The molecule has 1 aromatic rings. The highest BCUT2D eigenvalue weighted by Gasteiger charge is 2.27. The zero-order chi connectivity index (χ0) is 24.1. The van der Waals surface area contributed by atoms with E-state index in [0.29, 0.717) is 24.2 Å². The maximum absolute atomic E-state index is 12.8. The summed E-state index contributed by atoms with van der Waals surface area (Å²) in [4.78, 5) is 40.8. The van der Waals surface area contributed by atoms with Crippen LogP contribution in [0.2, 0.25) is 0 Å². The van der Waals surface area contributed by atoms with Crippen molar-refractivity contribution in [2.45, 2.75) is 43.8 Å². The van der Waals surface area contributed by atoms with Gasteiger partial charge in [-0.05, 0) is 49.0 Å². The second-order valence-corrected chi connectivity index (χ2v) is 8.15. The van der Waals surface area contributed by atoms with Crippen molar-refractivity contribution in [2.24, 2.45) is 22.2 Å². The maximum Gasteiger partial charge on any atom is 0.326 e. The molecule has 0 aliphatic heterocycles. The molecule has 178 valence electrons. The van der Waals surface area contributed by atoms with Crippen molar-refractivity contribution in [3.8, 4) is 5.75 Å². The quantitative estimate of drug-likeness (QED) is 0.103. The van der Waals surface area contributed by atoms with Crippen molar-refractivity contribution in [3.05, 3.63) is 29.8 Å². The van der Waals surface area contributed by atoms with Crippen LogP contribution in [0.3, 0.4) is 0 Å². The number of thioether (sulfide) groups is 1. The molecule has 0 aromatic heterocycles. The van der Waals surface area contributed by atoms with Gasteiger partial charge in [-0.1, -0.05) is 12.1 Å². The number of benzene rings is 1. The number of aliphatic carboxylic acids is 1. The van der Waals surface area contributed by atoms with E-state index in [1.54, 1.807) is 23.9 Å². The lowest BCUT2D eigenvalue weighted by Crippen LogP contribution is -2.55. The second kappa shape index (κ2) is 14.1. The van der Waals surface area contributed by atoms with Gasteiger partial charge in [-0.3, -0.25) is 14.6 Å². The summed E-state index contributed by atoms with van der Waals surface area (Å²) >= 11 is 1.55. The topological polar surface area (TPSA) is 206 Å². The minimum atomic E-state index is -1.23. The SMILES string of the molecule is CSCCC(N)C(=O)NC(CCCN=C(N)N)C(=O)NC(Cc1ccc(O)cc1)C(=O)O. The fraction of sp³-hybridized carbons (Fsp3) is 0.500. The zero-order valence-electron chi connectivity index (χ0n) is 18.0. The first-order chi connectivity index (χ1) is 15.1. The van der Waals surface area contributed by atoms with Crippen LogP contribution in [0.25, 0.3) is 0 Å². The van der Waals surface area contributed by atoms with Crippen molar-refractivity contribution in [1.82, 2.24) is 10.6 Å². The number of phenols is 1. The average molecular weight is 469 g/mol. The molecule has 0 bridgehead atoms. The van der Waals surface area contributed by atoms with Crippen LogP contribution in [0.1, 0.15) is 24.8 Å². The van der Waals surface area contributed by atoms with E-state index in [0.717, 1.165) is 0 Å². The van der Waals surface area contributed by atoms with Crippen LogP contribution < -0.4 is 27.8 Å². The number of carbonyl (C=O) groups excluding carboxylic acids is 2. The van der Waals surface area contributed by atoms with E-state index in [1.165, 1.54) is 12.1 Å². The fourth-order valence-electron chi connectivity index (χ4n) is 2.77. The summed E-state index contributed by atoms with van der Waals surface area (Å²) < 4.78 is 0. The maximum atomic E-state index is 12.8. The van der Waals surface area contributed by atoms with Gasteiger partial charge in [0.1, 0.15) is 17.8 Å². The second-order valence-electron chi connectivity index (χ2n) is 7.17. The lowest BCUT2D eigenvalue weighted by Gasteiger charge is -2.23. The minimum absolute atomic E-state index is 0.00323. The van der Waals surface area contributed by atoms with Gasteiger partial charge < -0.3 is 38.0 Å². The molecule has 2 amide bonds. The molecule has 1 rings (SSSR count). The van der Waals surface area contributed by atoms with Crippen LogP contribution in [-0.2, 0) is 20.8 Å². The smallest absolute Gasteiger partial charge is 0.326 e. The largest absolute Gasteiger partial charge is 0.508 e. The van der Waals surface area contributed by atoms with Crippen LogP contribution in [0.15, 0.2) is 29.3 Å². The molecule has 0 heterocycles. The van der Waals surface area contributed by atoms with Crippen molar-refractivity contribution < 1.29 is 24.6 Å². The van der Waals surface area contributed by atoms with Crippen LogP contribution >= 0.6 is 11.8 Å². The zero-order valence-corrected chi connectivity index (χ0v) is 18.8. The molecule has 0 aliphatic rings. The average Bonchev–Trinajstić information content (AvgIpc) is 2.74. The molecule has 11 nitrogen and oxygen atoms in total. The van der Waals surface area contributed by atoms with Crippen molar-refractivity contribution in [2.75, 3.05) is 18.6 Å². The molecule has 32 heavy (non-hydrogen) atoms. The van der Waals surface area contributed by atoms with Gasteiger partial charge in [-0.2, -0.15) is 11.8 Å². The van der Waals surface area contributed by atoms with Crippen molar-refractivity contribution in [3.63, 3.8) is 0 Å². The Bertz CT molecular complexity index is 785. The Morgan fingerprint density at radius 2 is 1.69 bits per heavy atom. The highest BCUT2D eigenvalue weighted by Crippen LogP contribution is 2.12. The first-order valence-electron chi connectivity index (χ1n) is 10.1. The monoisotopic (exact) mass is 468 g/mol. The number of nitrogens with two attached hydrogens (primary N) is 3. The van der Waals surface area contributed by atoms with E-state index < -0.39 is 35.9 Å². The first-order valence-corrected chi connectivity index (χ1v) is 11.4. The fourth-order valence-corrected chi connectivity index (χ4v) is 3.26. The van der Waals surface area contributed by atoms with Crippen molar-refractivity contribution in [1.29, 1.82) is 0 Å². The molecule has 0 radical (unpaired) electrons. The van der Waals surface area contributed by atoms with Gasteiger partial charge in [0.15, 0.2) is 5.96 Å². The Morgan fingerprint density at radius 1 is 1.06 bits per heavy atom. The van der Waals surface area contributed by atoms with Crippen LogP contribution in [0.5, 0.6) is 5.75 Å². The van der Waals surface area contributed by atoms with Crippen molar-refractivity contribution >= 4 is 35.5 Å². The minimum Gasteiger partial charge on any atom is -0.508 e. The van der Waals surface area contributed by atoms with Crippen LogP contribution in [0, 0.1) is 0 Å². The number of carboxylic acid groups (broad SMARTS) is 1. The van der Waals surface area contributed by atoms with E-state index >= 15 is 0 Å². The molecule has 3 atom stereocenters. The van der Waals surface area contributed by atoms with Gasteiger partial charge in [0.25, 0.3) is 0 Å². The third-order valence-electron chi connectivity index (χ3n) is 4.54. The van der Waals surface area contributed by atoms with E-state index in [2.05, 4.69) is 15.6 Å². The number of nitrogens with zero attached hydrogens (tertiary/aromatic N) is 1. The van der Waals surface area contributed by atoms with E-state index in [4.69, 9.17) is 17.2 Å². The number of rotatable bonds is 14. The molecule has 0 fully saturated rings. The number of guanidine groups is 1. The third-order valence-corrected chi connectivity index (χ3v) is 5.18. The number of phenolic OH excluding ortho intramolecular Hbond substituents is 1. The third kappa shape index (κ3) is 10.4. The number of aromatic hydroxyl groups is 1. The molecule has 3 unspecified atom stereocenters. The predicted octanol–water partition coefficient (Wildman–Crippen LogP) is -0.877. The summed E-state index contributed by atoms with van der Waals surface area (Å²) in [6, 6.07) is 2.97. The Hall–Kier alpha value is -2.99. The van der Waals surface area contributed by atoms with Gasteiger partial charge in [-0.25, -0.2) is 4.79 Å². The standard InChI is InChI=1S/C20H32N6O5S/c1-32-10-8-14(21)17(28)25-15(3-2-9-24-20(22)23)18(29)26-16(19(30)31)11-12-4-6-13(27)7-5-12/h4-7,14-16,27H,2-3,8-11,21H2,1H3,(H,25,28)(H,26,29)(H,30,31)(H4,22,23,24). The Balaban J connectivity index is 2.86. The normalized spacial score (nSPS) is 13.4. The highest BCUT2D eigenvalue weighted by molar-refractivity contribution is 7.98. The Kier molecular flexibility index (Phi) is 12.0. The summed E-state index contributed by atoms with van der Waals surface area (Å²) in [7, 11) is 0. The van der Waals surface area contributed by atoms with Crippen LogP contribution in [0.4, 0.5) is 0 Å². The van der Waals surface area contributed by atoms with Gasteiger partial charge in [0.05, 0.1) is 6.04 Å². The number of amides is 2. The molecule has 0 saturated carbocycles. The van der Waals surface area contributed by atoms with Gasteiger partial charge in [0.2, 0.25) is 11.8 Å². The summed E-state index contributed by atoms with van der Waals surface area (Å²) in [6.45, 7) is 0.246. The molecule has 12 heteroatoms. The van der Waals surface area contributed by atoms with E-state index in [1.807, 2.05) is 6.26 Å². The number of nitrogens with one attached hydrogen (secondary N) is 2. The molecule has 0 aliphatic carbocycles. The Morgan fingerprint density at radius 3 is 2.25 bits per heavy atom. The predicted molar refractivity (Wildman–Crippen MR) is 124 cm³/mol. The molecule has 0 saturated heterocycles. The number of hydrogen-bond acceptors (Lipinski definition) is 7. The van der Waals surface area contributed by atoms with Gasteiger partial charge in [0, 0.05) is 13.0 Å². The van der Waals surface area contributed by atoms with Crippen LogP contribution in [-0.4, -0.2) is 70.6 Å². The number of hydrogen-bond donors (Lipinski definition) is 7. The lowest BCUT2D eigenvalue weighted by atomic mass is 10.0. The highest BCUT2D eigenvalue weighted by atomic mass is 32.2. The van der Waals surface area contributed by atoms with Gasteiger partial charge in [-0.15, -0.1) is 0 Å². The van der Waals surface area contributed by atoms with Gasteiger partial charge >= 0.3 is 5.97 Å².